The number of aryl methyl sites for hydroxylation is 1. The second-order valence-corrected chi connectivity index (χ2v) is 8.50. The van der Waals surface area contributed by atoms with Gasteiger partial charge in [0.05, 0.1) is 4.90 Å². The molecule has 7 heteroatoms. The minimum absolute atomic E-state index is 0.0865. The average molecular weight is 339 g/mol. The maximum atomic E-state index is 12.3. The molecule has 1 aliphatic carbocycles. The Bertz CT molecular complexity index is 686. The molecule has 1 fully saturated rings. The quantitative estimate of drug-likeness (QED) is 0.854. The van der Waals surface area contributed by atoms with E-state index in [1.807, 2.05) is 0 Å². The number of sulfonamides is 1. The molecule has 0 bridgehead atoms. The summed E-state index contributed by atoms with van der Waals surface area (Å²) in [5.74, 6) is 0.0924. The van der Waals surface area contributed by atoms with E-state index in [1.54, 1.807) is 19.1 Å². The molecule has 0 unspecified atom stereocenters. The second kappa shape index (κ2) is 6.98. The summed E-state index contributed by atoms with van der Waals surface area (Å²) in [6.45, 7) is 1.74. The molecule has 0 radical (unpaired) electrons. The molecule has 1 aliphatic rings. The molecule has 0 spiro atoms. The summed E-state index contributed by atoms with van der Waals surface area (Å²) in [6, 6.07) is 5.02. The van der Waals surface area contributed by atoms with Gasteiger partial charge in [-0.15, -0.1) is 0 Å². The molecule has 1 amide bonds. The molecule has 128 valence electrons. The Balaban J connectivity index is 2.13. The molecule has 0 saturated heterocycles. The number of nitrogens with one attached hydrogen (secondary N) is 1. The van der Waals surface area contributed by atoms with Crippen LogP contribution in [0.25, 0.3) is 0 Å². The SMILES string of the molecule is Cc1ccc(NC(=O)C[C@@H]2CCC[C@H]2N)cc1S(=O)(=O)N(C)C. The summed E-state index contributed by atoms with van der Waals surface area (Å²) < 4.78 is 25.8. The van der Waals surface area contributed by atoms with Gasteiger partial charge in [-0.25, -0.2) is 12.7 Å². The van der Waals surface area contributed by atoms with Crippen LogP contribution in [0.3, 0.4) is 0 Å². The van der Waals surface area contributed by atoms with Gasteiger partial charge in [0.25, 0.3) is 0 Å². The van der Waals surface area contributed by atoms with Crippen LogP contribution in [0.15, 0.2) is 23.1 Å². The topological polar surface area (TPSA) is 92.5 Å². The van der Waals surface area contributed by atoms with Gasteiger partial charge < -0.3 is 11.1 Å². The van der Waals surface area contributed by atoms with Crippen LogP contribution in [0.1, 0.15) is 31.2 Å². The fourth-order valence-electron chi connectivity index (χ4n) is 2.92. The van der Waals surface area contributed by atoms with Crippen molar-refractivity contribution in [2.24, 2.45) is 11.7 Å². The zero-order valence-electron chi connectivity index (χ0n) is 13.9. The van der Waals surface area contributed by atoms with Crippen LogP contribution >= 0.6 is 0 Å². The van der Waals surface area contributed by atoms with Crippen LogP contribution in [-0.4, -0.2) is 38.8 Å². The van der Waals surface area contributed by atoms with Gasteiger partial charge in [-0.3, -0.25) is 4.79 Å². The van der Waals surface area contributed by atoms with E-state index in [1.165, 1.54) is 24.5 Å². The van der Waals surface area contributed by atoms with Gasteiger partial charge in [0.15, 0.2) is 0 Å². The first-order valence-corrected chi connectivity index (χ1v) is 9.24. The molecule has 0 heterocycles. The first kappa shape index (κ1) is 17.9. The number of hydrogen-bond acceptors (Lipinski definition) is 4. The zero-order valence-corrected chi connectivity index (χ0v) is 14.7. The highest BCUT2D eigenvalue weighted by Crippen LogP contribution is 2.28. The Morgan fingerprint density at radius 1 is 1.35 bits per heavy atom. The predicted octanol–water partition coefficient (Wildman–Crippen LogP) is 1.70. The smallest absolute Gasteiger partial charge is 0.242 e. The maximum absolute atomic E-state index is 12.3. The van der Waals surface area contributed by atoms with Gasteiger partial charge in [-0.05, 0) is 43.4 Å². The van der Waals surface area contributed by atoms with Crippen molar-refractivity contribution in [2.75, 3.05) is 19.4 Å². The predicted molar refractivity (Wildman–Crippen MR) is 90.6 cm³/mol. The number of nitrogens with two attached hydrogens (primary N) is 1. The fourth-order valence-corrected chi connectivity index (χ4v) is 4.07. The normalized spacial score (nSPS) is 21.6. The summed E-state index contributed by atoms with van der Waals surface area (Å²) in [7, 11) is -0.560. The number of rotatable bonds is 5. The Labute approximate surface area is 138 Å². The first-order valence-electron chi connectivity index (χ1n) is 7.80. The van der Waals surface area contributed by atoms with Gasteiger partial charge in [0, 0.05) is 32.2 Å². The van der Waals surface area contributed by atoms with E-state index in [9.17, 15) is 13.2 Å². The van der Waals surface area contributed by atoms with Crippen LogP contribution in [0.4, 0.5) is 5.69 Å². The van der Waals surface area contributed by atoms with Crippen LogP contribution in [0, 0.1) is 12.8 Å². The minimum Gasteiger partial charge on any atom is -0.327 e. The van der Waals surface area contributed by atoms with Gasteiger partial charge in [0.1, 0.15) is 0 Å². The molecular weight excluding hydrogens is 314 g/mol. The standard InChI is InChI=1S/C16H25N3O3S/c1-11-7-8-13(10-15(11)23(21,22)19(2)3)18-16(20)9-12-5-4-6-14(12)17/h7-8,10,12,14H,4-6,9,17H2,1-3H3,(H,18,20)/t12-,14+/m0/s1. The first-order chi connectivity index (χ1) is 10.7. The molecule has 23 heavy (non-hydrogen) atoms. The monoisotopic (exact) mass is 339 g/mol. The average Bonchev–Trinajstić information content (AvgIpc) is 2.86. The van der Waals surface area contributed by atoms with Crippen LogP contribution in [0.2, 0.25) is 0 Å². The second-order valence-electron chi connectivity index (χ2n) is 6.37. The number of anilines is 1. The zero-order chi connectivity index (χ0) is 17.2. The van der Waals surface area contributed by atoms with E-state index in [4.69, 9.17) is 5.73 Å². The van der Waals surface area contributed by atoms with E-state index < -0.39 is 10.0 Å². The van der Waals surface area contributed by atoms with Gasteiger partial charge in [-0.1, -0.05) is 12.5 Å². The molecule has 1 aromatic carbocycles. The van der Waals surface area contributed by atoms with Crippen molar-refractivity contribution in [1.29, 1.82) is 0 Å². The van der Waals surface area contributed by atoms with Gasteiger partial charge in [-0.2, -0.15) is 0 Å². The van der Waals surface area contributed by atoms with Crippen molar-refractivity contribution < 1.29 is 13.2 Å². The van der Waals surface area contributed by atoms with Crippen LogP contribution in [0.5, 0.6) is 0 Å². The van der Waals surface area contributed by atoms with Crippen LogP contribution < -0.4 is 11.1 Å². The number of carbonyl (C=O) groups is 1. The van der Waals surface area contributed by atoms with Crippen LogP contribution in [-0.2, 0) is 14.8 Å². The van der Waals surface area contributed by atoms with Crippen molar-refractivity contribution in [3.05, 3.63) is 23.8 Å². The molecule has 2 atom stereocenters. The third-order valence-electron chi connectivity index (χ3n) is 4.40. The van der Waals surface area contributed by atoms with Gasteiger partial charge >= 0.3 is 0 Å². The molecular formula is C16H25N3O3S. The number of nitrogens with zero attached hydrogens (tertiary/aromatic N) is 1. The summed E-state index contributed by atoms with van der Waals surface area (Å²) in [5.41, 5.74) is 7.13. The molecule has 1 saturated carbocycles. The third kappa shape index (κ3) is 4.10. The lowest BCUT2D eigenvalue weighted by Gasteiger charge is -2.17. The van der Waals surface area contributed by atoms with E-state index in [2.05, 4.69) is 5.32 Å². The third-order valence-corrected chi connectivity index (χ3v) is 6.35. The lowest BCUT2D eigenvalue weighted by molar-refractivity contribution is -0.117. The number of carbonyl (C=O) groups excluding carboxylic acids is 1. The molecule has 0 aromatic heterocycles. The maximum Gasteiger partial charge on any atom is 0.242 e. The Morgan fingerprint density at radius 2 is 2.04 bits per heavy atom. The summed E-state index contributed by atoms with van der Waals surface area (Å²) >= 11 is 0. The van der Waals surface area contributed by atoms with E-state index in [0.717, 1.165) is 19.3 Å². The summed E-state index contributed by atoms with van der Waals surface area (Å²) in [4.78, 5) is 12.4. The summed E-state index contributed by atoms with van der Waals surface area (Å²) in [5, 5.41) is 2.79. The highest BCUT2D eigenvalue weighted by molar-refractivity contribution is 7.89. The summed E-state index contributed by atoms with van der Waals surface area (Å²) in [6.07, 6.45) is 3.39. The molecule has 2 rings (SSSR count). The van der Waals surface area contributed by atoms with Crippen molar-refractivity contribution in [2.45, 2.75) is 43.5 Å². The van der Waals surface area contributed by atoms with Crippen molar-refractivity contribution in [3.8, 4) is 0 Å². The van der Waals surface area contributed by atoms with Gasteiger partial charge in [0.2, 0.25) is 15.9 Å². The molecule has 1 aromatic rings. The fraction of sp³-hybridized carbons (Fsp3) is 0.562. The lowest BCUT2D eigenvalue weighted by atomic mass is 10.00. The Hall–Kier alpha value is -1.44. The van der Waals surface area contributed by atoms with Crippen molar-refractivity contribution >= 4 is 21.6 Å². The number of amides is 1. The van der Waals surface area contributed by atoms with E-state index in [-0.39, 0.29) is 22.8 Å². The van der Waals surface area contributed by atoms with E-state index >= 15 is 0 Å². The highest BCUT2D eigenvalue weighted by Gasteiger charge is 2.26. The van der Waals surface area contributed by atoms with E-state index in [0.29, 0.717) is 17.7 Å². The molecule has 6 nitrogen and oxygen atoms in total. The Morgan fingerprint density at radius 3 is 2.61 bits per heavy atom. The van der Waals surface area contributed by atoms with Crippen molar-refractivity contribution in [3.63, 3.8) is 0 Å². The largest absolute Gasteiger partial charge is 0.327 e. The highest BCUT2D eigenvalue weighted by atomic mass is 32.2. The number of hydrogen-bond donors (Lipinski definition) is 2. The molecule has 0 aliphatic heterocycles. The lowest BCUT2D eigenvalue weighted by Crippen LogP contribution is -2.28. The minimum atomic E-state index is -3.53. The van der Waals surface area contributed by atoms with Crippen molar-refractivity contribution in [1.82, 2.24) is 4.31 Å². The molecule has 3 N–H and O–H groups in total. The number of benzene rings is 1. The Kier molecular flexibility index (Phi) is 5.44.